The largest absolute Gasteiger partial charge is 0.471 e. The zero-order valence-corrected chi connectivity index (χ0v) is 15.0. The van der Waals surface area contributed by atoms with E-state index in [0.29, 0.717) is 23.7 Å². The van der Waals surface area contributed by atoms with Crippen LogP contribution in [0.15, 0.2) is 28.8 Å². The smallest absolute Gasteiger partial charge is 0.348 e. The Hall–Kier alpha value is -2.42. The molecule has 0 radical (unpaired) electrons. The number of amides is 1. The van der Waals surface area contributed by atoms with Crippen molar-refractivity contribution < 1.29 is 22.5 Å². The van der Waals surface area contributed by atoms with E-state index in [1.165, 1.54) is 24.3 Å². The monoisotopic (exact) mass is 370 g/mol. The molecule has 1 aromatic heterocycles. The summed E-state index contributed by atoms with van der Waals surface area (Å²) in [6, 6.07) is 6.28. The second-order valence-corrected chi connectivity index (χ2v) is 6.41. The third-order valence-electron chi connectivity index (χ3n) is 3.89. The molecule has 0 fully saturated rings. The maximum Gasteiger partial charge on any atom is 0.471 e. The summed E-state index contributed by atoms with van der Waals surface area (Å²) in [6.07, 6.45) is -4.69. The summed E-state index contributed by atoms with van der Waals surface area (Å²) in [5, 5.41) is 6.20. The van der Waals surface area contributed by atoms with E-state index < -0.39 is 12.1 Å². The first-order valence-corrected chi connectivity index (χ1v) is 8.10. The molecule has 0 spiro atoms. The molecule has 0 saturated heterocycles. The number of nitrogens with one attached hydrogen (secondary N) is 1. The van der Waals surface area contributed by atoms with Crippen LogP contribution < -0.4 is 5.32 Å². The molecule has 0 bridgehead atoms. The quantitative estimate of drug-likeness (QED) is 0.845. The first-order chi connectivity index (χ1) is 12.1. The fourth-order valence-corrected chi connectivity index (χ4v) is 2.22. The molecule has 2 rings (SSSR count). The summed E-state index contributed by atoms with van der Waals surface area (Å²) in [5.74, 6) is -1.85. The Bertz CT molecular complexity index is 741. The molecule has 0 unspecified atom stereocenters. The number of likely N-dealkylation sites (N-methyl/N-ethyl adjacent to an activating group) is 1. The fraction of sp³-hybridized carbons (Fsp3) is 0.471. The Labute approximate surface area is 149 Å². The number of halogens is 3. The van der Waals surface area contributed by atoms with Gasteiger partial charge < -0.3 is 14.7 Å². The molecule has 1 aromatic carbocycles. The second-order valence-electron chi connectivity index (χ2n) is 6.41. The van der Waals surface area contributed by atoms with Crippen molar-refractivity contribution in [3.05, 3.63) is 35.7 Å². The number of nitrogens with zero attached hydrogens (tertiary/aromatic N) is 3. The van der Waals surface area contributed by atoms with Crippen molar-refractivity contribution in [1.29, 1.82) is 0 Å². The fourth-order valence-electron chi connectivity index (χ4n) is 2.22. The van der Waals surface area contributed by atoms with Crippen LogP contribution in [0, 0.1) is 0 Å². The molecular weight excluding hydrogens is 349 g/mol. The molecule has 0 aliphatic heterocycles. The van der Waals surface area contributed by atoms with E-state index in [9.17, 15) is 18.0 Å². The number of benzene rings is 1. The van der Waals surface area contributed by atoms with Crippen molar-refractivity contribution in [2.45, 2.75) is 39.0 Å². The highest BCUT2D eigenvalue weighted by Crippen LogP contribution is 2.29. The lowest BCUT2D eigenvalue weighted by atomic mass is 10.1. The Morgan fingerprint density at radius 1 is 1.23 bits per heavy atom. The van der Waals surface area contributed by atoms with E-state index in [4.69, 9.17) is 0 Å². The van der Waals surface area contributed by atoms with Crippen molar-refractivity contribution in [2.75, 3.05) is 13.6 Å². The highest BCUT2D eigenvalue weighted by molar-refractivity contribution is 5.94. The van der Waals surface area contributed by atoms with Crippen molar-refractivity contribution >= 4 is 5.91 Å². The maximum absolute atomic E-state index is 12.5. The third kappa shape index (κ3) is 5.04. The summed E-state index contributed by atoms with van der Waals surface area (Å²) in [5.41, 5.74) is 0.723. The second kappa shape index (κ2) is 7.86. The molecule has 0 aliphatic carbocycles. The zero-order valence-electron chi connectivity index (χ0n) is 15.0. The maximum atomic E-state index is 12.5. The summed E-state index contributed by atoms with van der Waals surface area (Å²) in [4.78, 5) is 17.7. The summed E-state index contributed by atoms with van der Waals surface area (Å²) in [6.45, 7) is 6.73. The van der Waals surface area contributed by atoms with E-state index in [2.05, 4.69) is 38.7 Å². The van der Waals surface area contributed by atoms with E-state index in [-0.39, 0.29) is 17.8 Å². The van der Waals surface area contributed by atoms with Crippen LogP contribution in [-0.2, 0) is 6.18 Å². The van der Waals surface area contributed by atoms with Gasteiger partial charge in [0, 0.05) is 29.8 Å². The number of carbonyl (C=O) groups excluding carboxylic acids is 1. The number of alkyl halides is 3. The highest BCUT2D eigenvalue weighted by atomic mass is 19.4. The van der Waals surface area contributed by atoms with Crippen LogP contribution in [0.2, 0.25) is 0 Å². The van der Waals surface area contributed by atoms with E-state index >= 15 is 0 Å². The number of hydrogen-bond donors (Lipinski definition) is 1. The minimum atomic E-state index is -4.69. The van der Waals surface area contributed by atoms with Gasteiger partial charge in [-0.3, -0.25) is 4.79 Å². The Morgan fingerprint density at radius 2 is 1.85 bits per heavy atom. The van der Waals surface area contributed by atoms with Crippen molar-refractivity contribution in [1.82, 2.24) is 20.4 Å². The first-order valence-electron chi connectivity index (χ1n) is 8.10. The van der Waals surface area contributed by atoms with Crippen LogP contribution in [0.25, 0.3) is 11.4 Å². The average molecular weight is 370 g/mol. The van der Waals surface area contributed by atoms with Crippen molar-refractivity contribution in [3.63, 3.8) is 0 Å². The highest BCUT2D eigenvalue weighted by Gasteiger charge is 2.38. The Kier molecular flexibility index (Phi) is 6.01. The van der Waals surface area contributed by atoms with Gasteiger partial charge in [-0.2, -0.15) is 18.2 Å². The number of aromatic nitrogens is 2. The molecule has 2 aromatic rings. The van der Waals surface area contributed by atoms with Gasteiger partial charge in [0.2, 0.25) is 5.82 Å². The van der Waals surface area contributed by atoms with Gasteiger partial charge in [0.1, 0.15) is 0 Å². The molecule has 1 atom stereocenters. The SMILES string of the molecule is CC(C)N(C)C[C@@H](C)NC(=O)c1ccc(-c2noc(C(F)(F)F)n2)cc1. The van der Waals surface area contributed by atoms with Crippen LogP contribution in [0.1, 0.15) is 37.0 Å². The van der Waals surface area contributed by atoms with Crippen molar-refractivity contribution in [3.8, 4) is 11.4 Å². The van der Waals surface area contributed by atoms with Crippen LogP contribution in [0.5, 0.6) is 0 Å². The molecule has 142 valence electrons. The Morgan fingerprint density at radius 3 is 2.35 bits per heavy atom. The number of hydrogen-bond acceptors (Lipinski definition) is 5. The van der Waals surface area contributed by atoms with Gasteiger partial charge in [0.15, 0.2) is 0 Å². The van der Waals surface area contributed by atoms with Crippen molar-refractivity contribution in [2.24, 2.45) is 0 Å². The predicted octanol–water partition coefficient (Wildman–Crippen LogP) is 3.21. The lowest BCUT2D eigenvalue weighted by Crippen LogP contribution is -2.42. The predicted molar refractivity (Wildman–Crippen MR) is 89.4 cm³/mol. The molecule has 9 heteroatoms. The van der Waals surface area contributed by atoms with Gasteiger partial charge >= 0.3 is 12.1 Å². The van der Waals surface area contributed by atoms with Crippen LogP contribution in [-0.4, -0.2) is 46.6 Å². The lowest BCUT2D eigenvalue weighted by Gasteiger charge is -2.25. The van der Waals surface area contributed by atoms with E-state index in [1.54, 1.807) is 0 Å². The van der Waals surface area contributed by atoms with E-state index in [0.717, 1.165) is 0 Å². The molecule has 1 heterocycles. The van der Waals surface area contributed by atoms with Gasteiger partial charge in [-0.15, -0.1) is 0 Å². The number of rotatable bonds is 6. The standard InChI is InChI=1S/C17H21F3N4O2/c1-10(2)24(4)9-11(3)21-15(25)13-7-5-12(6-8-13)14-22-16(26-23-14)17(18,19)20/h5-8,10-11H,9H2,1-4H3,(H,21,25)/t11-/m1/s1. The third-order valence-corrected chi connectivity index (χ3v) is 3.89. The molecule has 1 amide bonds. The van der Waals surface area contributed by atoms with Gasteiger partial charge in [-0.05, 0) is 40.0 Å². The molecule has 6 nitrogen and oxygen atoms in total. The number of carbonyl (C=O) groups is 1. The van der Waals surface area contributed by atoms with Crippen LogP contribution in [0.3, 0.4) is 0 Å². The summed E-state index contributed by atoms with van der Waals surface area (Å²) >= 11 is 0. The van der Waals surface area contributed by atoms with Gasteiger partial charge in [0.25, 0.3) is 5.91 Å². The van der Waals surface area contributed by atoms with Gasteiger partial charge in [-0.25, -0.2) is 0 Å². The molecule has 26 heavy (non-hydrogen) atoms. The first kappa shape index (κ1) is 19.9. The molecule has 0 saturated carbocycles. The van der Waals surface area contributed by atoms with Gasteiger partial charge in [-0.1, -0.05) is 17.3 Å². The minimum Gasteiger partial charge on any atom is -0.348 e. The topological polar surface area (TPSA) is 71.3 Å². The van der Waals surface area contributed by atoms with Crippen LogP contribution >= 0.6 is 0 Å². The minimum absolute atomic E-state index is 0.0545. The normalized spacial score (nSPS) is 13.3. The molecular formula is C17H21F3N4O2. The molecule has 0 aliphatic rings. The zero-order chi connectivity index (χ0) is 19.5. The average Bonchev–Trinajstić information content (AvgIpc) is 3.05. The summed E-state index contributed by atoms with van der Waals surface area (Å²) in [7, 11) is 1.97. The van der Waals surface area contributed by atoms with E-state index in [1.807, 2.05) is 14.0 Å². The molecule has 1 N–H and O–H groups in total. The lowest BCUT2D eigenvalue weighted by molar-refractivity contribution is -0.159. The summed E-state index contributed by atoms with van der Waals surface area (Å²) < 4.78 is 41.7. The van der Waals surface area contributed by atoms with Crippen LogP contribution in [0.4, 0.5) is 13.2 Å². The Balaban J connectivity index is 2.02. The van der Waals surface area contributed by atoms with Gasteiger partial charge in [0.05, 0.1) is 0 Å².